The van der Waals surface area contributed by atoms with Crippen molar-refractivity contribution in [1.82, 2.24) is 9.78 Å². The second kappa shape index (κ2) is 2.97. The molecule has 68 valence electrons. The number of ether oxygens (including phenoxy) is 1. The highest BCUT2D eigenvalue weighted by Crippen LogP contribution is 2.22. The first kappa shape index (κ1) is 7.91. The van der Waals surface area contributed by atoms with Gasteiger partial charge >= 0.3 is 0 Å². The monoisotopic (exact) mass is 178 g/mol. The quantitative estimate of drug-likeness (QED) is 0.707. The Bertz CT molecular complexity index is 365. The van der Waals surface area contributed by atoms with E-state index in [1.165, 1.54) is 0 Å². The molecule has 0 saturated carbocycles. The summed E-state index contributed by atoms with van der Waals surface area (Å²) in [5, 5.41) is 3.97. The van der Waals surface area contributed by atoms with E-state index in [1.807, 2.05) is 20.0 Å². The van der Waals surface area contributed by atoms with Gasteiger partial charge in [0.25, 0.3) is 5.95 Å². The first-order valence-corrected chi connectivity index (χ1v) is 3.97. The van der Waals surface area contributed by atoms with Crippen molar-refractivity contribution in [1.29, 1.82) is 0 Å². The Labute approximate surface area is 75.7 Å². The smallest absolute Gasteiger partial charge is 0.290 e. The van der Waals surface area contributed by atoms with Crippen molar-refractivity contribution in [2.75, 3.05) is 0 Å². The number of nitrogens with zero attached hydrogens (tertiary/aromatic N) is 2. The summed E-state index contributed by atoms with van der Waals surface area (Å²) in [6, 6.07) is 3.63. The topological polar surface area (TPSA) is 40.2 Å². The summed E-state index contributed by atoms with van der Waals surface area (Å²) in [5.41, 5.74) is 0. The molecule has 0 bridgehead atoms. The van der Waals surface area contributed by atoms with E-state index in [9.17, 15) is 0 Å². The molecule has 0 aromatic carbocycles. The summed E-state index contributed by atoms with van der Waals surface area (Å²) in [6.07, 6.45) is 3.41. The Morgan fingerprint density at radius 3 is 2.85 bits per heavy atom. The average Bonchev–Trinajstić information content (AvgIpc) is 2.62. The molecule has 0 radical (unpaired) electrons. The zero-order chi connectivity index (χ0) is 9.26. The predicted molar refractivity (Wildman–Crippen MR) is 46.7 cm³/mol. The van der Waals surface area contributed by atoms with Gasteiger partial charge < -0.3 is 9.15 Å². The van der Waals surface area contributed by atoms with E-state index in [0.29, 0.717) is 11.7 Å². The van der Waals surface area contributed by atoms with Crippen molar-refractivity contribution in [2.24, 2.45) is 7.05 Å². The normalized spacial score (nSPS) is 10.3. The van der Waals surface area contributed by atoms with E-state index in [0.717, 1.165) is 5.76 Å². The van der Waals surface area contributed by atoms with Crippen LogP contribution in [-0.2, 0) is 7.05 Å². The second-order valence-electron chi connectivity index (χ2n) is 2.82. The van der Waals surface area contributed by atoms with Crippen molar-refractivity contribution >= 4 is 0 Å². The molecule has 2 aromatic heterocycles. The number of furan rings is 1. The fraction of sp³-hybridized carbons (Fsp3) is 0.222. The molecule has 0 unspecified atom stereocenters. The van der Waals surface area contributed by atoms with Crippen LogP contribution in [0, 0.1) is 6.92 Å². The molecule has 2 heterocycles. The van der Waals surface area contributed by atoms with Gasteiger partial charge in [0.2, 0.25) is 0 Å². The number of hydrogen-bond acceptors (Lipinski definition) is 3. The van der Waals surface area contributed by atoms with Gasteiger partial charge in [-0.25, -0.2) is 0 Å². The van der Waals surface area contributed by atoms with Crippen LogP contribution in [0.3, 0.4) is 0 Å². The van der Waals surface area contributed by atoms with E-state index in [-0.39, 0.29) is 0 Å². The van der Waals surface area contributed by atoms with Gasteiger partial charge in [0.05, 0.1) is 12.4 Å². The fourth-order valence-corrected chi connectivity index (χ4v) is 1.03. The molecule has 0 spiro atoms. The van der Waals surface area contributed by atoms with Crippen LogP contribution in [0.1, 0.15) is 5.76 Å². The molecule has 0 amide bonds. The summed E-state index contributed by atoms with van der Waals surface area (Å²) in [6.45, 7) is 1.87. The van der Waals surface area contributed by atoms with Crippen LogP contribution in [0.4, 0.5) is 0 Å². The molecule has 0 aliphatic rings. The third-order valence-electron chi connectivity index (χ3n) is 1.62. The summed E-state index contributed by atoms with van der Waals surface area (Å²) in [4.78, 5) is 0. The highest BCUT2D eigenvalue weighted by atomic mass is 16.6. The zero-order valence-electron chi connectivity index (χ0n) is 7.52. The Hall–Kier alpha value is -1.71. The first-order chi connectivity index (χ1) is 6.24. The molecular weight excluding hydrogens is 168 g/mol. The zero-order valence-corrected chi connectivity index (χ0v) is 7.52. The fourth-order valence-electron chi connectivity index (χ4n) is 1.03. The number of aromatic nitrogens is 2. The summed E-state index contributed by atoms with van der Waals surface area (Å²) in [5.74, 6) is 2.00. The minimum Gasteiger partial charge on any atom is -0.431 e. The van der Waals surface area contributed by atoms with E-state index in [4.69, 9.17) is 9.15 Å². The Morgan fingerprint density at radius 1 is 1.46 bits per heavy atom. The predicted octanol–water partition coefficient (Wildman–Crippen LogP) is 2.11. The lowest BCUT2D eigenvalue weighted by molar-refractivity contribution is 0.337. The van der Waals surface area contributed by atoms with Gasteiger partial charge in [0.15, 0.2) is 5.75 Å². The molecule has 4 nitrogen and oxygen atoms in total. The summed E-state index contributed by atoms with van der Waals surface area (Å²) < 4.78 is 12.3. The van der Waals surface area contributed by atoms with Crippen LogP contribution >= 0.6 is 0 Å². The minimum absolute atomic E-state index is 0.491. The van der Waals surface area contributed by atoms with Crippen molar-refractivity contribution in [3.05, 3.63) is 30.3 Å². The highest BCUT2D eigenvalue weighted by Gasteiger charge is 2.02. The standard InChI is InChI=1S/C9H10N2O2/c1-7-3-4-9(12-7)13-8-5-10-11(2)6-8/h3-6H,1-2H3. The molecule has 13 heavy (non-hydrogen) atoms. The number of hydrogen-bond donors (Lipinski definition) is 0. The third-order valence-corrected chi connectivity index (χ3v) is 1.62. The SMILES string of the molecule is Cc1ccc(Oc2cnn(C)c2)o1. The largest absolute Gasteiger partial charge is 0.431 e. The summed E-state index contributed by atoms with van der Waals surface area (Å²) in [7, 11) is 1.83. The van der Waals surface area contributed by atoms with Gasteiger partial charge in [-0.15, -0.1) is 0 Å². The molecule has 0 fully saturated rings. The van der Waals surface area contributed by atoms with Gasteiger partial charge in [0.1, 0.15) is 5.76 Å². The van der Waals surface area contributed by atoms with E-state index >= 15 is 0 Å². The van der Waals surface area contributed by atoms with Gasteiger partial charge in [0, 0.05) is 13.1 Å². The maximum absolute atomic E-state index is 5.37. The average molecular weight is 178 g/mol. The maximum atomic E-state index is 5.37. The molecule has 2 aromatic rings. The van der Waals surface area contributed by atoms with Gasteiger partial charge in [-0.3, -0.25) is 4.68 Å². The van der Waals surface area contributed by atoms with E-state index in [1.54, 1.807) is 23.1 Å². The van der Waals surface area contributed by atoms with E-state index < -0.39 is 0 Å². The second-order valence-corrected chi connectivity index (χ2v) is 2.82. The molecule has 0 aliphatic heterocycles. The van der Waals surface area contributed by atoms with Gasteiger partial charge in [-0.1, -0.05) is 0 Å². The van der Waals surface area contributed by atoms with Crippen LogP contribution < -0.4 is 4.74 Å². The van der Waals surface area contributed by atoms with Crippen molar-refractivity contribution < 1.29 is 9.15 Å². The van der Waals surface area contributed by atoms with Crippen molar-refractivity contribution in [3.8, 4) is 11.7 Å². The number of aryl methyl sites for hydroxylation is 2. The molecule has 0 saturated heterocycles. The molecule has 0 N–H and O–H groups in total. The number of rotatable bonds is 2. The van der Waals surface area contributed by atoms with Crippen LogP contribution in [0.5, 0.6) is 11.7 Å². The first-order valence-electron chi connectivity index (χ1n) is 3.97. The van der Waals surface area contributed by atoms with E-state index in [2.05, 4.69) is 5.10 Å². The lowest BCUT2D eigenvalue weighted by Crippen LogP contribution is -1.84. The maximum Gasteiger partial charge on any atom is 0.290 e. The summed E-state index contributed by atoms with van der Waals surface area (Å²) >= 11 is 0. The Balaban J connectivity index is 2.14. The van der Waals surface area contributed by atoms with Crippen molar-refractivity contribution in [3.63, 3.8) is 0 Å². The van der Waals surface area contributed by atoms with Crippen LogP contribution in [0.25, 0.3) is 0 Å². The van der Waals surface area contributed by atoms with Crippen LogP contribution in [0.2, 0.25) is 0 Å². The molecule has 4 heteroatoms. The lowest BCUT2D eigenvalue weighted by Gasteiger charge is -1.95. The van der Waals surface area contributed by atoms with Gasteiger partial charge in [-0.2, -0.15) is 5.10 Å². The van der Waals surface area contributed by atoms with Crippen LogP contribution in [0.15, 0.2) is 28.9 Å². The Morgan fingerprint density at radius 2 is 2.31 bits per heavy atom. The lowest BCUT2D eigenvalue weighted by atomic mass is 10.5. The van der Waals surface area contributed by atoms with Crippen molar-refractivity contribution in [2.45, 2.75) is 6.92 Å². The Kier molecular flexibility index (Phi) is 1.81. The highest BCUT2D eigenvalue weighted by molar-refractivity contribution is 5.20. The molecule has 0 aliphatic carbocycles. The molecule has 0 atom stereocenters. The van der Waals surface area contributed by atoms with Gasteiger partial charge in [-0.05, 0) is 13.0 Å². The minimum atomic E-state index is 0.491. The molecule has 2 rings (SSSR count). The third kappa shape index (κ3) is 1.72. The molecular formula is C9H10N2O2. The van der Waals surface area contributed by atoms with Crippen LogP contribution in [-0.4, -0.2) is 9.78 Å².